The van der Waals surface area contributed by atoms with Crippen molar-refractivity contribution in [2.45, 2.75) is 18.7 Å². The van der Waals surface area contributed by atoms with Gasteiger partial charge in [0.05, 0.1) is 29.0 Å². The van der Waals surface area contributed by atoms with Crippen LogP contribution in [-0.4, -0.2) is 39.7 Å². The third-order valence-corrected chi connectivity index (χ3v) is 7.76. The molecule has 4 rings (SSSR count). The van der Waals surface area contributed by atoms with E-state index in [1.807, 2.05) is 0 Å². The molecule has 0 aliphatic rings. The maximum absolute atomic E-state index is 13.5. The summed E-state index contributed by atoms with van der Waals surface area (Å²) in [6.07, 6.45) is 1.30. The molecule has 0 atom stereocenters. The maximum atomic E-state index is 13.5. The summed E-state index contributed by atoms with van der Waals surface area (Å²) >= 11 is 6.15. The molecule has 3 aromatic carbocycles. The molecule has 0 aliphatic heterocycles. The molecule has 0 unspecified atom stereocenters. The number of nitrogens with zero attached hydrogens (tertiary/aromatic N) is 2. The highest BCUT2D eigenvalue weighted by Gasteiger charge is 2.28. The Kier molecular flexibility index (Phi) is 9.03. The summed E-state index contributed by atoms with van der Waals surface area (Å²) in [4.78, 5) is 24.7. The van der Waals surface area contributed by atoms with Crippen LogP contribution < -0.4 is 9.73 Å². The lowest BCUT2D eigenvalue weighted by molar-refractivity contribution is -0.119. The quantitative estimate of drug-likeness (QED) is 0.152. The highest BCUT2D eigenvalue weighted by molar-refractivity contribution is 7.92. The van der Waals surface area contributed by atoms with E-state index >= 15 is 0 Å². The van der Waals surface area contributed by atoms with E-state index in [4.69, 9.17) is 20.8 Å². The van der Waals surface area contributed by atoms with E-state index in [1.54, 1.807) is 80.6 Å². The van der Waals surface area contributed by atoms with E-state index < -0.39 is 28.4 Å². The van der Waals surface area contributed by atoms with Gasteiger partial charge >= 0.3 is 5.97 Å². The molecule has 0 fully saturated rings. The zero-order valence-corrected chi connectivity index (χ0v) is 23.3. The normalized spacial score (nSPS) is 11.4. The molecule has 0 aliphatic carbocycles. The molecule has 0 saturated heterocycles. The van der Waals surface area contributed by atoms with Crippen LogP contribution in [0.25, 0.3) is 11.3 Å². The lowest BCUT2D eigenvalue weighted by Crippen LogP contribution is -2.40. The van der Waals surface area contributed by atoms with Gasteiger partial charge in [-0.2, -0.15) is 5.10 Å². The Morgan fingerprint density at radius 3 is 2.45 bits per heavy atom. The first-order valence-electron chi connectivity index (χ1n) is 12.2. The number of carbonyl (C=O) groups excluding carboxylic acids is 2. The standard InChI is InChI=1S/C29H26ClN3O6S/c1-3-38-29(35)22-12-10-21(11-13-22)27-16-15-24(39-27)18-31-32-28(34)19-33(26-17-23(30)14-9-20(26)2)40(36,37)25-7-5-4-6-8-25/h4-18H,3,19H2,1-2H3,(H,32,34)/b31-18+. The number of sulfonamides is 1. The van der Waals surface area contributed by atoms with Crippen LogP contribution in [0.4, 0.5) is 5.69 Å². The van der Waals surface area contributed by atoms with Gasteiger partial charge in [-0.25, -0.2) is 18.6 Å². The third kappa shape index (κ3) is 6.77. The van der Waals surface area contributed by atoms with Crippen molar-refractivity contribution in [3.8, 4) is 11.3 Å². The van der Waals surface area contributed by atoms with Crippen molar-refractivity contribution in [1.82, 2.24) is 5.43 Å². The van der Waals surface area contributed by atoms with E-state index in [1.165, 1.54) is 24.4 Å². The van der Waals surface area contributed by atoms with Crippen molar-refractivity contribution >= 4 is 45.4 Å². The minimum absolute atomic E-state index is 0.0316. The number of nitrogens with one attached hydrogen (secondary N) is 1. The fraction of sp³-hybridized carbons (Fsp3) is 0.138. The van der Waals surface area contributed by atoms with Crippen LogP contribution in [0.15, 0.2) is 99.3 Å². The predicted molar refractivity (Wildman–Crippen MR) is 153 cm³/mol. The van der Waals surface area contributed by atoms with E-state index in [9.17, 15) is 18.0 Å². The Hall–Kier alpha value is -4.41. The van der Waals surface area contributed by atoms with Crippen molar-refractivity contribution in [2.24, 2.45) is 5.10 Å². The summed E-state index contributed by atoms with van der Waals surface area (Å²) in [5.74, 6) is -0.196. The van der Waals surface area contributed by atoms with Crippen LogP contribution in [0, 0.1) is 6.92 Å². The number of anilines is 1. The van der Waals surface area contributed by atoms with Gasteiger partial charge < -0.3 is 9.15 Å². The number of rotatable bonds is 10. The minimum Gasteiger partial charge on any atom is -0.462 e. The van der Waals surface area contributed by atoms with Gasteiger partial charge in [0.15, 0.2) is 0 Å². The van der Waals surface area contributed by atoms with Gasteiger partial charge in [0.1, 0.15) is 18.1 Å². The van der Waals surface area contributed by atoms with Gasteiger partial charge in [-0.05, 0) is 67.9 Å². The van der Waals surface area contributed by atoms with E-state index in [0.29, 0.717) is 34.3 Å². The molecule has 1 N–H and O–H groups in total. The van der Waals surface area contributed by atoms with Crippen molar-refractivity contribution < 1.29 is 27.2 Å². The van der Waals surface area contributed by atoms with Crippen molar-refractivity contribution in [3.63, 3.8) is 0 Å². The first-order chi connectivity index (χ1) is 19.2. The molecular formula is C29H26ClN3O6S. The second-order valence-electron chi connectivity index (χ2n) is 8.55. The molecule has 0 saturated carbocycles. The highest BCUT2D eigenvalue weighted by atomic mass is 35.5. The number of esters is 1. The number of hydrazone groups is 1. The number of aryl methyl sites for hydroxylation is 1. The SMILES string of the molecule is CCOC(=O)c1ccc(-c2ccc(/C=N/NC(=O)CN(c3cc(Cl)ccc3C)S(=O)(=O)c3ccccc3)o2)cc1. The summed E-state index contributed by atoms with van der Waals surface area (Å²) < 4.78 is 38.7. The molecule has 1 aromatic heterocycles. The first-order valence-corrected chi connectivity index (χ1v) is 14.0. The monoisotopic (exact) mass is 579 g/mol. The second kappa shape index (κ2) is 12.6. The molecule has 1 heterocycles. The van der Waals surface area contributed by atoms with Crippen molar-refractivity contribution in [3.05, 3.63) is 107 Å². The average Bonchev–Trinajstić information content (AvgIpc) is 3.43. The fourth-order valence-electron chi connectivity index (χ4n) is 3.77. The molecule has 1 amide bonds. The molecule has 40 heavy (non-hydrogen) atoms. The number of amides is 1. The maximum Gasteiger partial charge on any atom is 0.338 e. The zero-order chi connectivity index (χ0) is 28.7. The van der Waals surface area contributed by atoms with Crippen molar-refractivity contribution in [2.75, 3.05) is 17.5 Å². The molecule has 11 heteroatoms. The van der Waals surface area contributed by atoms with Crippen LogP contribution in [0.1, 0.15) is 28.6 Å². The van der Waals surface area contributed by atoms with Crippen LogP contribution in [0.3, 0.4) is 0 Å². The minimum atomic E-state index is -4.09. The molecule has 0 radical (unpaired) electrons. The first kappa shape index (κ1) is 28.6. The Balaban J connectivity index is 1.47. The van der Waals surface area contributed by atoms with Crippen LogP contribution in [-0.2, 0) is 19.6 Å². The van der Waals surface area contributed by atoms with Crippen molar-refractivity contribution in [1.29, 1.82) is 0 Å². The smallest absolute Gasteiger partial charge is 0.338 e. The lowest BCUT2D eigenvalue weighted by Gasteiger charge is -2.25. The van der Waals surface area contributed by atoms with E-state index in [2.05, 4.69) is 10.5 Å². The molecule has 9 nitrogen and oxygen atoms in total. The zero-order valence-electron chi connectivity index (χ0n) is 21.7. The number of hydrogen-bond acceptors (Lipinski definition) is 7. The Morgan fingerprint density at radius 2 is 1.75 bits per heavy atom. The van der Waals surface area contributed by atoms with E-state index in [-0.39, 0.29) is 10.6 Å². The van der Waals surface area contributed by atoms with Gasteiger partial charge in [0, 0.05) is 10.6 Å². The summed E-state index contributed by atoms with van der Waals surface area (Å²) in [5.41, 5.74) is 4.41. The lowest BCUT2D eigenvalue weighted by atomic mass is 10.1. The molecule has 0 spiro atoms. The van der Waals surface area contributed by atoms with Gasteiger partial charge in [0.2, 0.25) is 0 Å². The summed E-state index contributed by atoms with van der Waals surface area (Å²) in [6, 6.07) is 22.8. The van der Waals surface area contributed by atoms with Crippen LogP contribution in [0.5, 0.6) is 0 Å². The Morgan fingerprint density at radius 1 is 1.02 bits per heavy atom. The Labute approximate surface area is 237 Å². The fourth-order valence-corrected chi connectivity index (χ4v) is 5.43. The molecule has 0 bridgehead atoms. The van der Waals surface area contributed by atoms with Gasteiger partial charge in [0.25, 0.3) is 15.9 Å². The number of ether oxygens (including phenoxy) is 1. The van der Waals surface area contributed by atoms with Gasteiger partial charge in [-0.1, -0.05) is 48.0 Å². The van der Waals surface area contributed by atoms with Gasteiger partial charge in [-0.3, -0.25) is 9.10 Å². The summed E-state index contributed by atoms with van der Waals surface area (Å²) in [7, 11) is -4.09. The largest absolute Gasteiger partial charge is 0.462 e. The van der Waals surface area contributed by atoms with Crippen LogP contribution >= 0.6 is 11.6 Å². The van der Waals surface area contributed by atoms with Crippen LogP contribution in [0.2, 0.25) is 5.02 Å². The van der Waals surface area contributed by atoms with E-state index in [0.717, 1.165) is 9.87 Å². The molecule has 4 aromatic rings. The topological polar surface area (TPSA) is 118 Å². The Bertz CT molecular complexity index is 1630. The second-order valence-corrected chi connectivity index (χ2v) is 10.8. The average molecular weight is 580 g/mol. The number of carbonyl (C=O) groups is 2. The number of benzene rings is 3. The summed E-state index contributed by atoms with van der Waals surface area (Å²) in [6.45, 7) is 3.22. The predicted octanol–water partition coefficient (Wildman–Crippen LogP) is 5.43. The third-order valence-electron chi connectivity index (χ3n) is 5.75. The number of halogens is 1. The number of hydrogen-bond donors (Lipinski definition) is 1. The molecular weight excluding hydrogens is 554 g/mol. The summed E-state index contributed by atoms with van der Waals surface area (Å²) in [5, 5.41) is 4.25. The molecule has 206 valence electrons. The highest BCUT2D eigenvalue weighted by Crippen LogP contribution is 2.29. The van der Waals surface area contributed by atoms with Gasteiger partial charge in [-0.15, -0.1) is 0 Å². The number of furan rings is 1.